The van der Waals surface area contributed by atoms with Gasteiger partial charge in [0.05, 0.1) is 0 Å². The van der Waals surface area contributed by atoms with E-state index in [2.05, 4.69) is 24.2 Å². The van der Waals surface area contributed by atoms with Crippen molar-refractivity contribution in [3.8, 4) is 0 Å². The molecule has 2 atom stereocenters. The first-order chi connectivity index (χ1) is 8.65. The molecule has 100 valence electrons. The first-order valence-electron chi connectivity index (χ1n) is 6.85. The quantitative estimate of drug-likeness (QED) is 0.887. The lowest BCUT2D eigenvalue weighted by Gasteiger charge is -2.22. The molecule has 1 N–H and O–H groups in total. The van der Waals surface area contributed by atoms with Crippen LogP contribution in [0.1, 0.15) is 37.8 Å². The fraction of sp³-hybridized carbons (Fsp3) is 0.600. The molecular weight excluding hydrogens is 227 g/mol. The molecule has 0 bridgehead atoms. The molecule has 1 aromatic carbocycles. The minimum absolute atomic E-state index is 0.165. The molecule has 0 aliphatic carbocycles. The van der Waals surface area contributed by atoms with Crippen molar-refractivity contribution < 1.29 is 4.39 Å². The number of hydrogen-bond donors (Lipinski definition) is 1. The fourth-order valence-electron chi connectivity index (χ4n) is 2.61. The fourth-order valence-corrected chi connectivity index (χ4v) is 2.61. The molecule has 18 heavy (non-hydrogen) atoms. The second-order valence-corrected chi connectivity index (χ2v) is 5.37. The van der Waals surface area contributed by atoms with Crippen LogP contribution in [0.15, 0.2) is 24.3 Å². The molecule has 1 aromatic rings. The Bertz CT molecular complexity index is 363. The van der Waals surface area contributed by atoms with Gasteiger partial charge in [-0.2, -0.15) is 0 Å². The molecule has 2 nitrogen and oxygen atoms in total. The van der Waals surface area contributed by atoms with Crippen molar-refractivity contribution in [3.63, 3.8) is 0 Å². The molecule has 3 heteroatoms. The maximum Gasteiger partial charge on any atom is 0.123 e. The molecule has 1 fully saturated rings. The van der Waals surface area contributed by atoms with E-state index in [1.54, 1.807) is 0 Å². The van der Waals surface area contributed by atoms with Gasteiger partial charge in [-0.25, -0.2) is 4.39 Å². The Balaban J connectivity index is 1.90. The third-order valence-corrected chi connectivity index (χ3v) is 3.81. The van der Waals surface area contributed by atoms with Gasteiger partial charge >= 0.3 is 0 Å². The van der Waals surface area contributed by atoms with Crippen molar-refractivity contribution in [3.05, 3.63) is 35.6 Å². The SMILES string of the molecule is C[C@@H](NC1CCCN(C)CC1)c1ccc(F)cc1. The number of hydrogen-bond acceptors (Lipinski definition) is 2. The van der Waals surface area contributed by atoms with Crippen LogP contribution in [0.5, 0.6) is 0 Å². The van der Waals surface area contributed by atoms with Gasteiger partial charge in [0.2, 0.25) is 0 Å². The molecule has 0 saturated carbocycles. The maximum absolute atomic E-state index is 12.9. The van der Waals surface area contributed by atoms with Crippen LogP contribution in [0.2, 0.25) is 0 Å². The second-order valence-electron chi connectivity index (χ2n) is 5.37. The van der Waals surface area contributed by atoms with Crippen molar-refractivity contribution in [1.82, 2.24) is 10.2 Å². The van der Waals surface area contributed by atoms with Crippen molar-refractivity contribution >= 4 is 0 Å². The summed E-state index contributed by atoms with van der Waals surface area (Å²) >= 11 is 0. The summed E-state index contributed by atoms with van der Waals surface area (Å²) in [6.07, 6.45) is 3.68. The van der Waals surface area contributed by atoms with Crippen molar-refractivity contribution in [1.29, 1.82) is 0 Å². The van der Waals surface area contributed by atoms with Crippen LogP contribution in [0.25, 0.3) is 0 Å². The van der Waals surface area contributed by atoms with E-state index >= 15 is 0 Å². The zero-order chi connectivity index (χ0) is 13.0. The largest absolute Gasteiger partial charge is 0.307 e. The van der Waals surface area contributed by atoms with Crippen LogP contribution in [0.3, 0.4) is 0 Å². The van der Waals surface area contributed by atoms with Crippen molar-refractivity contribution in [2.24, 2.45) is 0 Å². The van der Waals surface area contributed by atoms with Gasteiger partial charge in [0.25, 0.3) is 0 Å². The van der Waals surface area contributed by atoms with Crippen LogP contribution in [-0.2, 0) is 0 Å². The van der Waals surface area contributed by atoms with Crippen LogP contribution >= 0.6 is 0 Å². The number of benzene rings is 1. The zero-order valence-electron chi connectivity index (χ0n) is 11.3. The van der Waals surface area contributed by atoms with Gasteiger partial charge in [-0.15, -0.1) is 0 Å². The predicted octanol–water partition coefficient (Wildman–Crippen LogP) is 2.96. The third-order valence-electron chi connectivity index (χ3n) is 3.81. The average molecular weight is 250 g/mol. The van der Waals surface area contributed by atoms with Gasteiger partial charge in [0, 0.05) is 12.1 Å². The molecule has 0 amide bonds. The van der Waals surface area contributed by atoms with Crippen molar-refractivity contribution in [2.45, 2.75) is 38.3 Å². The lowest BCUT2D eigenvalue weighted by atomic mass is 10.0. The van der Waals surface area contributed by atoms with Crippen LogP contribution in [0, 0.1) is 5.82 Å². The van der Waals surface area contributed by atoms with E-state index in [9.17, 15) is 4.39 Å². The van der Waals surface area contributed by atoms with Crippen LogP contribution in [0.4, 0.5) is 4.39 Å². The zero-order valence-corrected chi connectivity index (χ0v) is 11.3. The summed E-state index contributed by atoms with van der Waals surface area (Å²) in [5, 5.41) is 3.67. The summed E-state index contributed by atoms with van der Waals surface area (Å²) in [5.41, 5.74) is 1.16. The molecule has 1 heterocycles. The Hall–Kier alpha value is -0.930. The molecular formula is C15H23FN2. The van der Waals surface area contributed by atoms with E-state index in [1.807, 2.05) is 12.1 Å². The summed E-state index contributed by atoms with van der Waals surface area (Å²) in [6.45, 7) is 4.51. The van der Waals surface area contributed by atoms with Crippen molar-refractivity contribution in [2.75, 3.05) is 20.1 Å². The second kappa shape index (κ2) is 6.30. The standard InChI is InChI=1S/C15H23FN2/c1-12(13-5-7-14(16)8-6-13)17-15-4-3-10-18(2)11-9-15/h5-8,12,15,17H,3-4,9-11H2,1-2H3/t12-,15?/m1/s1. The van der Waals surface area contributed by atoms with E-state index < -0.39 is 0 Å². The van der Waals surface area contributed by atoms with Gasteiger partial charge in [0.1, 0.15) is 5.82 Å². The Labute approximate surface area is 109 Å². The summed E-state index contributed by atoms with van der Waals surface area (Å²) < 4.78 is 12.9. The Morgan fingerprint density at radius 2 is 1.94 bits per heavy atom. The number of nitrogens with zero attached hydrogens (tertiary/aromatic N) is 1. The normalized spacial score (nSPS) is 23.6. The third kappa shape index (κ3) is 3.79. The predicted molar refractivity (Wildman–Crippen MR) is 73.1 cm³/mol. The Morgan fingerprint density at radius 3 is 2.67 bits per heavy atom. The molecule has 1 unspecified atom stereocenters. The topological polar surface area (TPSA) is 15.3 Å². The van der Waals surface area contributed by atoms with Crippen LogP contribution < -0.4 is 5.32 Å². The van der Waals surface area contributed by atoms with Gasteiger partial charge in [-0.1, -0.05) is 12.1 Å². The molecule has 1 aliphatic rings. The lowest BCUT2D eigenvalue weighted by Crippen LogP contribution is -2.32. The minimum Gasteiger partial charge on any atom is -0.307 e. The van der Waals surface area contributed by atoms with E-state index in [-0.39, 0.29) is 5.82 Å². The van der Waals surface area contributed by atoms with Gasteiger partial charge in [-0.05, 0) is 64.0 Å². The summed E-state index contributed by atoms with van der Waals surface area (Å²) in [5.74, 6) is -0.165. The minimum atomic E-state index is -0.165. The number of halogens is 1. The molecule has 1 aliphatic heterocycles. The first kappa shape index (κ1) is 13.5. The molecule has 2 rings (SSSR count). The maximum atomic E-state index is 12.9. The molecule has 1 saturated heterocycles. The highest BCUT2D eigenvalue weighted by Gasteiger charge is 2.17. The van der Waals surface area contributed by atoms with E-state index in [1.165, 1.54) is 37.9 Å². The highest BCUT2D eigenvalue weighted by molar-refractivity contribution is 5.19. The molecule has 0 radical (unpaired) electrons. The summed E-state index contributed by atoms with van der Waals surface area (Å²) in [4.78, 5) is 2.39. The summed E-state index contributed by atoms with van der Waals surface area (Å²) in [6, 6.07) is 7.68. The highest BCUT2D eigenvalue weighted by Crippen LogP contribution is 2.17. The number of likely N-dealkylation sites (tertiary alicyclic amines) is 1. The molecule has 0 spiro atoms. The first-order valence-corrected chi connectivity index (χ1v) is 6.85. The smallest absolute Gasteiger partial charge is 0.123 e. The van der Waals surface area contributed by atoms with E-state index in [0.29, 0.717) is 12.1 Å². The monoisotopic (exact) mass is 250 g/mol. The number of rotatable bonds is 3. The van der Waals surface area contributed by atoms with Gasteiger partial charge in [0.15, 0.2) is 0 Å². The average Bonchev–Trinajstić information content (AvgIpc) is 2.55. The Kier molecular flexibility index (Phi) is 4.72. The van der Waals surface area contributed by atoms with Crippen LogP contribution in [-0.4, -0.2) is 31.1 Å². The Morgan fingerprint density at radius 1 is 1.22 bits per heavy atom. The molecule has 0 aromatic heterocycles. The van der Waals surface area contributed by atoms with E-state index in [0.717, 1.165) is 12.1 Å². The van der Waals surface area contributed by atoms with E-state index in [4.69, 9.17) is 0 Å². The highest BCUT2D eigenvalue weighted by atomic mass is 19.1. The summed E-state index contributed by atoms with van der Waals surface area (Å²) in [7, 11) is 2.19. The lowest BCUT2D eigenvalue weighted by molar-refractivity contribution is 0.340. The van der Waals surface area contributed by atoms with Gasteiger partial charge in [-0.3, -0.25) is 0 Å². The number of nitrogens with one attached hydrogen (secondary N) is 1. The van der Waals surface area contributed by atoms with Gasteiger partial charge < -0.3 is 10.2 Å².